The Hall–Kier alpha value is -0.830. The van der Waals surface area contributed by atoms with E-state index in [0.29, 0.717) is 18.8 Å². The molecule has 0 saturated carbocycles. The minimum absolute atomic E-state index is 0.0605. The number of hydrogen-bond acceptors (Lipinski definition) is 7. The van der Waals surface area contributed by atoms with Crippen LogP contribution in [0, 0.1) is 5.92 Å². The number of hydrogen-bond donors (Lipinski definition) is 4. The lowest BCUT2D eigenvalue weighted by molar-refractivity contribution is -0.300. The number of rotatable bonds is 8. The lowest BCUT2D eigenvalue weighted by atomic mass is 9.99. The van der Waals surface area contributed by atoms with Crippen LogP contribution in [0.2, 0.25) is 0 Å². The van der Waals surface area contributed by atoms with Crippen LogP contribution in [0.15, 0.2) is 11.6 Å². The van der Waals surface area contributed by atoms with Gasteiger partial charge >= 0.3 is 0 Å². The summed E-state index contributed by atoms with van der Waals surface area (Å²) in [5, 5.41) is 38.2. The first-order valence-corrected chi connectivity index (χ1v) is 7.88. The minimum atomic E-state index is -1.45. The van der Waals surface area contributed by atoms with Crippen LogP contribution in [-0.2, 0) is 14.3 Å². The minimum Gasteiger partial charge on any atom is -0.394 e. The van der Waals surface area contributed by atoms with Crippen LogP contribution in [0.3, 0.4) is 0 Å². The summed E-state index contributed by atoms with van der Waals surface area (Å²) in [6.45, 7) is 5.45. The van der Waals surface area contributed by atoms with Crippen LogP contribution < -0.4 is 0 Å². The summed E-state index contributed by atoms with van der Waals surface area (Å²) in [6.07, 6.45) is -3.83. The SMILES string of the molecule is C/C(=C/C(=O)CC(C)C)CCO[C@@H]1O[C@H](CO)[C@@H](O)[C@H](O)[C@H]1O. The summed E-state index contributed by atoms with van der Waals surface area (Å²) in [5.41, 5.74) is 0.847. The molecule has 0 unspecified atom stereocenters. The number of ketones is 1. The number of ether oxygens (including phenoxy) is 2. The zero-order valence-electron chi connectivity index (χ0n) is 13.9. The van der Waals surface area contributed by atoms with Gasteiger partial charge in [0.2, 0.25) is 0 Å². The zero-order valence-corrected chi connectivity index (χ0v) is 13.9. The predicted molar refractivity (Wildman–Crippen MR) is 82.6 cm³/mol. The van der Waals surface area contributed by atoms with Crippen molar-refractivity contribution in [1.82, 2.24) is 0 Å². The highest BCUT2D eigenvalue weighted by atomic mass is 16.7. The second kappa shape index (κ2) is 9.46. The topological polar surface area (TPSA) is 116 Å². The number of aliphatic hydroxyl groups excluding tert-OH is 4. The summed E-state index contributed by atoms with van der Waals surface area (Å²) < 4.78 is 10.6. The van der Waals surface area contributed by atoms with E-state index < -0.39 is 37.3 Å². The maximum atomic E-state index is 11.7. The van der Waals surface area contributed by atoms with E-state index in [2.05, 4.69) is 0 Å². The quantitative estimate of drug-likeness (QED) is 0.453. The van der Waals surface area contributed by atoms with Crippen molar-refractivity contribution >= 4 is 5.78 Å². The molecule has 134 valence electrons. The zero-order chi connectivity index (χ0) is 17.6. The molecule has 1 aliphatic rings. The fourth-order valence-corrected chi connectivity index (χ4v) is 2.35. The number of aliphatic hydroxyl groups is 4. The molecule has 0 aromatic carbocycles. The van der Waals surface area contributed by atoms with Crippen LogP contribution in [0.25, 0.3) is 0 Å². The molecule has 5 atom stereocenters. The lowest BCUT2D eigenvalue weighted by Crippen LogP contribution is -2.59. The van der Waals surface area contributed by atoms with Crippen LogP contribution in [0.1, 0.15) is 33.6 Å². The van der Waals surface area contributed by atoms with Gasteiger partial charge in [-0.15, -0.1) is 0 Å². The number of allylic oxidation sites excluding steroid dienone is 1. The van der Waals surface area contributed by atoms with E-state index in [1.807, 2.05) is 20.8 Å². The Morgan fingerprint density at radius 1 is 1.22 bits per heavy atom. The normalized spacial score (nSPS) is 32.3. The molecule has 0 amide bonds. The summed E-state index contributed by atoms with van der Waals surface area (Å²) in [4.78, 5) is 11.7. The molecule has 1 rings (SSSR count). The molecule has 1 aliphatic heterocycles. The van der Waals surface area contributed by atoms with Crippen molar-refractivity contribution in [1.29, 1.82) is 0 Å². The molecule has 1 heterocycles. The number of carbonyl (C=O) groups excluding carboxylic acids is 1. The molecule has 0 aromatic heterocycles. The molecule has 23 heavy (non-hydrogen) atoms. The largest absolute Gasteiger partial charge is 0.394 e. The molecule has 0 spiro atoms. The highest BCUT2D eigenvalue weighted by Gasteiger charge is 2.43. The summed E-state index contributed by atoms with van der Waals surface area (Å²) in [7, 11) is 0. The predicted octanol–water partition coefficient (Wildman–Crippen LogP) is -0.246. The Balaban J connectivity index is 2.45. The lowest BCUT2D eigenvalue weighted by Gasteiger charge is -2.39. The Labute approximate surface area is 136 Å². The van der Waals surface area contributed by atoms with E-state index in [9.17, 15) is 20.1 Å². The van der Waals surface area contributed by atoms with E-state index >= 15 is 0 Å². The van der Waals surface area contributed by atoms with Gasteiger partial charge in [0, 0.05) is 6.42 Å². The monoisotopic (exact) mass is 332 g/mol. The Morgan fingerprint density at radius 2 is 1.87 bits per heavy atom. The first-order chi connectivity index (χ1) is 10.8. The highest BCUT2D eigenvalue weighted by molar-refractivity contribution is 5.90. The van der Waals surface area contributed by atoms with Crippen molar-refractivity contribution in [3.63, 3.8) is 0 Å². The first-order valence-electron chi connectivity index (χ1n) is 7.88. The van der Waals surface area contributed by atoms with E-state index in [4.69, 9.17) is 14.6 Å². The Morgan fingerprint density at radius 3 is 2.43 bits per heavy atom. The van der Waals surface area contributed by atoms with E-state index in [1.54, 1.807) is 6.08 Å². The third-order valence-electron chi connectivity index (χ3n) is 3.64. The maximum Gasteiger partial charge on any atom is 0.186 e. The number of carbonyl (C=O) groups is 1. The molecular formula is C16H28O7. The standard InChI is InChI=1S/C16H28O7/c1-9(2)6-11(18)7-10(3)4-5-22-16-15(21)14(20)13(19)12(8-17)23-16/h7,9,12-17,19-21H,4-6,8H2,1-3H3/b10-7-/t12-,13-,14+,15-,16-/m1/s1. The van der Waals surface area contributed by atoms with Gasteiger partial charge in [0.05, 0.1) is 13.2 Å². The van der Waals surface area contributed by atoms with Gasteiger partial charge in [0.15, 0.2) is 12.1 Å². The molecule has 0 radical (unpaired) electrons. The third kappa shape index (κ3) is 6.29. The summed E-state index contributed by atoms with van der Waals surface area (Å²) in [6, 6.07) is 0. The second-order valence-corrected chi connectivity index (χ2v) is 6.37. The van der Waals surface area contributed by atoms with Crippen LogP contribution in [-0.4, -0.2) is 70.1 Å². The van der Waals surface area contributed by atoms with Gasteiger partial charge in [-0.1, -0.05) is 19.4 Å². The van der Waals surface area contributed by atoms with Crippen molar-refractivity contribution in [2.75, 3.05) is 13.2 Å². The van der Waals surface area contributed by atoms with Crippen molar-refractivity contribution in [3.05, 3.63) is 11.6 Å². The van der Waals surface area contributed by atoms with Crippen molar-refractivity contribution in [2.24, 2.45) is 5.92 Å². The van der Waals surface area contributed by atoms with Crippen LogP contribution in [0.4, 0.5) is 0 Å². The average molecular weight is 332 g/mol. The van der Waals surface area contributed by atoms with Gasteiger partial charge in [0.1, 0.15) is 24.4 Å². The van der Waals surface area contributed by atoms with Gasteiger partial charge in [-0.3, -0.25) is 4.79 Å². The molecular weight excluding hydrogens is 304 g/mol. The second-order valence-electron chi connectivity index (χ2n) is 6.37. The smallest absolute Gasteiger partial charge is 0.186 e. The van der Waals surface area contributed by atoms with Gasteiger partial charge in [-0.05, 0) is 25.3 Å². The van der Waals surface area contributed by atoms with Crippen molar-refractivity contribution in [3.8, 4) is 0 Å². The van der Waals surface area contributed by atoms with E-state index in [1.165, 1.54) is 0 Å². The molecule has 0 aromatic rings. The molecule has 7 nitrogen and oxygen atoms in total. The molecule has 7 heteroatoms. The summed E-state index contributed by atoms with van der Waals surface area (Å²) in [5.74, 6) is 0.363. The van der Waals surface area contributed by atoms with Crippen molar-refractivity contribution in [2.45, 2.75) is 64.3 Å². The molecule has 0 bridgehead atoms. The molecule has 1 saturated heterocycles. The molecule has 1 fully saturated rings. The Kier molecular flexibility index (Phi) is 8.32. The summed E-state index contributed by atoms with van der Waals surface area (Å²) >= 11 is 0. The third-order valence-corrected chi connectivity index (χ3v) is 3.64. The van der Waals surface area contributed by atoms with Gasteiger partial charge in [-0.2, -0.15) is 0 Å². The van der Waals surface area contributed by atoms with E-state index in [-0.39, 0.29) is 12.4 Å². The van der Waals surface area contributed by atoms with Crippen molar-refractivity contribution < 1.29 is 34.7 Å². The van der Waals surface area contributed by atoms with Crippen LogP contribution >= 0.6 is 0 Å². The van der Waals surface area contributed by atoms with E-state index in [0.717, 1.165) is 5.57 Å². The first kappa shape index (κ1) is 20.2. The van der Waals surface area contributed by atoms with Gasteiger partial charge in [0.25, 0.3) is 0 Å². The fourth-order valence-electron chi connectivity index (χ4n) is 2.35. The molecule has 4 N–H and O–H groups in total. The van der Waals surface area contributed by atoms with Gasteiger partial charge in [-0.25, -0.2) is 0 Å². The highest BCUT2D eigenvalue weighted by Crippen LogP contribution is 2.22. The van der Waals surface area contributed by atoms with Gasteiger partial charge < -0.3 is 29.9 Å². The fraction of sp³-hybridized carbons (Fsp3) is 0.812. The van der Waals surface area contributed by atoms with Crippen LogP contribution in [0.5, 0.6) is 0 Å². The Bertz CT molecular complexity index is 405. The maximum absolute atomic E-state index is 11.7. The average Bonchev–Trinajstić information content (AvgIpc) is 2.46. The molecule has 0 aliphatic carbocycles.